The Hall–Kier alpha value is -2.00. The van der Waals surface area contributed by atoms with Gasteiger partial charge >= 0.3 is 6.09 Å². The van der Waals surface area contributed by atoms with Crippen LogP contribution in [0.4, 0.5) is 20.7 Å². The van der Waals surface area contributed by atoms with Gasteiger partial charge in [-0.3, -0.25) is 0 Å². The second-order valence-corrected chi connectivity index (χ2v) is 10.6. The first-order chi connectivity index (χ1) is 15.6. The van der Waals surface area contributed by atoms with Crippen LogP contribution >= 0.6 is 46.5 Å². The molecule has 33 heavy (non-hydrogen) atoms. The third kappa shape index (κ3) is 6.76. The van der Waals surface area contributed by atoms with E-state index in [1.807, 2.05) is 31.2 Å². The SMILES string of the molecule is CC[C@H](Nc1cc(F)c(SN(C(=O)OC(C)(C)C)c2cscn2)cc1Cl)c1ccccc1Cl. The van der Waals surface area contributed by atoms with Crippen LogP contribution in [0.25, 0.3) is 0 Å². The van der Waals surface area contributed by atoms with Gasteiger partial charge in [-0.25, -0.2) is 14.2 Å². The lowest BCUT2D eigenvalue weighted by molar-refractivity contribution is 0.0611. The third-order valence-electron chi connectivity index (χ3n) is 4.42. The minimum Gasteiger partial charge on any atom is -0.443 e. The van der Waals surface area contributed by atoms with Gasteiger partial charge in [0, 0.05) is 22.4 Å². The predicted octanol–water partition coefficient (Wildman–Crippen LogP) is 8.60. The summed E-state index contributed by atoms with van der Waals surface area (Å²) in [5.74, 6) is -0.188. The molecular formula is C23H24Cl2FN3O2S2. The number of aromatic nitrogens is 1. The smallest absolute Gasteiger partial charge is 0.426 e. The summed E-state index contributed by atoms with van der Waals surface area (Å²) in [5, 5.41) is 5.89. The van der Waals surface area contributed by atoms with Crippen molar-refractivity contribution < 1.29 is 13.9 Å². The molecule has 0 saturated heterocycles. The van der Waals surface area contributed by atoms with Gasteiger partial charge in [0.1, 0.15) is 11.4 Å². The molecule has 1 atom stereocenters. The van der Waals surface area contributed by atoms with Gasteiger partial charge in [-0.05, 0) is 51.0 Å². The van der Waals surface area contributed by atoms with Crippen molar-refractivity contribution in [1.82, 2.24) is 4.98 Å². The maximum absolute atomic E-state index is 15.1. The number of hydrogen-bond acceptors (Lipinski definition) is 6. The van der Waals surface area contributed by atoms with Crippen molar-refractivity contribution in [3.63, 3.8) is 0 Å². The summed E-state index contributed by atoms with van der Waals surface area (Å²) >= 11 is 15.0. The standard InChI is InChI=1S/C23H24Cl2FN3O2S2/c1-5-18(14-8-6-7-9-15(14)24)28-19-11-17(26)20(10-16(19)25)33-29(21-12-32-13-27-21)22(30)31-23(2,3)4/h6-13,18,28H,5H2,1-4H3/t18-/m0/s1. The number of nitrogens with zero attached hydrogens (tertiary/aromatic N) is 2. The van der Waals surface area contributed by atoms with Crippen molar-refractivity contribution in [3.05, 3.63) is 68.7 Å². The molecule has 176 valence electrons. The Balaban J connectivity index is 1.86. The normalized spacial score (nSPS) is 12.3. The van der Waals surface area contributed by atoms with Crippen LogP contribution in [0, 0.1) is 5.82 Å². The number of nitrogens with one attached hydrogen (secondary N) is 1. The monoisotopic (exact) mass is 527 g/mol. The average molecular weight is 529 g/mol. The summed E-state index contributed by atoms with van der Waals surface area (Å²) in [4.78, 5) is 17.1. The molecule has 0 bridgehead atoms. The van der Waals surface area contributed by atoms with E-state index in [1.54, 1.807) is 31.7 Å². The minimum atomic E-state index is -0.718. The van der Waals surface area contributed by atoms with E-state index < -0.39 is 17.5 Å². The number of benzene rings is 2. The molecule has 2 aromatic carbocycles. The number of thiazole rings is 1. The highest BCUT2D eigenvalue weighted by Gasteiger charge is 2.27. The topological polar surface area (TPSA) is 54.5 Å². The van der Waals surface area contributed by atoms with Crippen LogP contribution in [0.3, 0.4) is 0 Å². The van der Waals surface area contributed by atoms with Crippen LogP contribution in [-0.2, 0) is 4.74 Å². The van der Waals surface area contributed by atoms with Crippen LogP contribution in [0.2, 0.25) is 10.0 Å². The molecule has 0 radical (unpaired) electrons. The molecule has 1 amide bonds. The second-order valence-electron chi connectivity index (χ2n) is 8.10. The highest BCUT2D eigenvalue weighted by atomic mass is 35.5. The molecule has 1 heterocycles. The zero-order valence-electron chi connectivity index (χ0n) is 18.6. The van der Waals surface area contributed by atoms with E-state index in [-0.39, 0.29) is 10.9 Å². The first kappa shape index (κ1) is 25.6. The Kier molecular flexibility index (Phi) is 8.50. The molecule has 1 N–H and O–H groups in total. The van der Waals surface area contributed by atoms with E-state index in [2.05, 4.69) is 10.3 Å². The summed E-state index contributed by atoms with van der Waals surface area (Å²) in [6.07, 6.45) is 0.0647. The maximum atomic E-state index is 15.1. The number of halogens is 3. The summed E-state index contributed by atoms with van der Waals surface area (Å²) in [7, 11) is 0. The number of hydrogen-bond donors (Lipinski definition) is 1. The molecule has 10 heteroatoms. The average Bonchev–Trinajstić information content (AvgIpc) is 3.26. The zero-order chi connectivity index (χ0) is 24.2. The molecule has 0 aliphatic carbocycles. The number of rotatable bonds is 7. The van der Waals surface area contributed by atoms with Crippen molar-refractivity contribution in [2.24, 2.45) is 0 Å². The molecule has 0 unspecified atom stereocenters. The molecule has 1 aromatic heterocycles. The molecule has 0 aliphatic heterocycles. The largest absolute Gasteiger partial charge is 0.443 e. The summed E-state index contributed by atoms with van der Waals surface area (Å²) in [5.41, 5.74) is 2.20. The molecule has 3 rings (SSSR count). The summed E-state index contributed by atoms with van der Waals surface area (Å²) in [6.45, 7) is 7.28. The van der Waals surface area contributed by atoms with Crippen molar-refractivity contribution >= 4 is 64.1 Å². The summed E-state index contributed by atoms with van der Waals surface area (Å²) < 4.78 is 21.8. The predicted molar refractivity (Wildman–Crippen MR) is 136 cm³/mol. The third-order valence-corrected chi connectivity index (χ3v) is 6.68. The van der Waals surface area contributed by atoms with Crippen molar-refractivity contribution in [3.8, 4) is 0 Å². The number of ether oxygens (including phenoxy) is 1. The van der Waals surface area contributed by atoms with Gasteiger partial charge in [-0.1, -0.05) is 48.3 Å². The molecule has 0 saturated carbocycles. The Morgan fingerprint density at radius 2 is 2.00 bits per heavy atom. The number of anilines is 2. The van der Waals surface area contributed by atoms with Crippen molar-refractivity contribution in [2.45, 2.75) is 50.7 Å². The molecule has 0 fully saturated rings. The van der Waals surface area contributed by atoms with Gasteiger partial charge in [-0.15, -0.1) is 11.3 Å². The first-order valence-electron chi connectivity index (χ1n) is 10.2. The quantitative estimate of drug-likeness (QED) is 0.311. The first-order valence-corrected chi connectivity index (χ1v) is 12.7. The molecule has 3 aromatic rings. The number of carbonyl (C=O) groups excluding carboxylic acids is 1. The maximum Gasteiger partial charge on any atom is 0.426 e. The van der Waals surface area contributed by atoms with E-state index in [4.69, 9.17) is 27.9 Å². The highest BCUT2D eigenvalue weighted by Crippen LogP contribution is 2.38. The van der Waals surface area contributed by atoms with Crippen LogP contribution < -0.4 is 9.62 Å². The zero-order valence-corrected chi connectivity index (χ0v) is 21.7. The Labute approximate surface area is 211 Å². The molecular weight excluding hydrogens is 504 g/mol. The Morgan fingerprint density at radius 1 is 1.27 bits per heavy atom. The van der Waals surface area contributed by atoms with E-state index in [0.29, 0.717) is 28.0 Å². The lowest BCUT2D eigenvalue weighted by Gasteiger charge is -2.25. The lowest BCUT2D eigenvalue weighted by atomic mass is 10.0. The fourth-order valence-corrected chi connectivity index (χ4v) is 4.89. The van der Waals surface area contributed by atoms with Gasteiger partial charge in [0.2, 0.25) is 0 Å². The van der Waals surface area contributed by atoms with Crippen molar-refractivity contribution in [1.29, 1.82) is 0 Å². The van der Waals surface area contributed by atoms with E-state index in [9.17, 15) is 4.79 Å². The fourth-order valence-electron chi connectivity index (χ4n) is 2.94. The summed E-state index contributed by atoms with van der Waals surface area (Å²) in [6, 6.07) is 10.1. The highest BCUT2D eigenvalue weighted by molar-refractivity contribution is 8.01. The van der Waals surface area contributed by atoms with Crippen LogP contribution in [0.15, 0.2) is 52.2 Å². The second kappa shape index (κ2) is 11.0. The van der Waals surface area contributed by atoms with Crippen LogP contribution in [0.1, 0.15) is 45.7 Å². The van der Waals surface area contributed by atoms with E-state index in [0.717, 1.165) is 17.5 Å². The van der Waals surface area contributed by atoms with Gasteiger partial charge in [0.15, 0.2) is 5.82 Å². The molecule has 0 spiro atoms. The molecule has 5 nitrogen and oxygen atoms in total. The van der Waals surface area contributed by atoms with Gasteiger partial charge < -0.3 is 10.1 Å². The van der Waals surface area contributed by atoms with Gasteiger partial charge in [0.05, 0.1) is 27.2 Å². The number of carbonyl (C=O) groups is 1. The lowest BCUT2D eigenvalue weighted by Crippen LogP contribution is -2.32. The van der Waals surface area contributed by atoms with E-state index in [1.165, 1.54) is 27.8 Å². The van der Waals surface area contributed by atoms with Gasteiger partial charge in [-0.2, -0.15) is 4.31 Å². The molecule has 0 aliphatic rings. The fraction of sp³-hybridized carbons (Fsp3) is 0.304. The number of amides is 1. The Morgan fingerprint density at radius 3 is 2.61 bits per heavy atom. The van der Waals surface area contributed by atoms with Crippen LogP contribution in [0.5, 0.6) is 0 Å². The van der Waals surface area contributed by atoms with Crippen LogP contribution in [-0.4, -0.2) is 16.7 Å². The Bertz CT molecular complexity index is 1110. The minimum absolute atomic E-state index is 0.151. The van der Waals surface area contributed by atoms with Gasteiger partial charge in [0.25, 0.3) is 0 Å². The van der Waals surface area contributed by atoms with E-state index >= 15 is 4.39 Å². The van der Waals surface area contributed by atoms with Crippen molar-refractivity contribution in [2.75, 3.05) is 9.62 Å².